The second-order valence-electron chi connectivity index (χ2n) is 7.58. The second-order valence-corrected chi connectivity index (χ2v) is 7.99. The molecule has 1 unspecified atom stereocenters. The van der Waals surface area contributed by atoms with Crippen molar-refractivity contribution in [2.45, 2.75) is 84.2 Å². The van der Waals surface area contributed by atoms with Crippen LogP contribution in [0.15, 0.2) is 12.1 Å². The van der Waals surface area contributed by atoms with Crippen molar-refractivity contribution in [3.05, 3.63) is 28.3 Å². The highest BCUT2D eigenvalue weighted by molar-refractivity contribution is 6.32. The molecule has 1 aromatic rings. The first-order valence-corrected chi connectivity index (χ1v) is 10.1. The molecular weight excluding hydrogens is 304 g/mol. The lowest BCUT2D eigenvalue weighted by Crippen LogP contribution is -2.33. The van der Waals surface area contributed by atoms with Gasteiger partial charge in [0.2, 0.25) is 0 Å². The average molecular weight is 335 g/mol. The predicted octanol–water partition coefficient (Wildman–Crippen LogP) is 6.59. The summed E-state index contributed by atoms with van der Waals surface area (Å²) in [5.74, 6) is 2.69. The van der Waals surface area contributed by atoms with Crippen molar-refractivity contribution in [2.75, 3.05) is 0 Å². The van der Waals surface area contributed by atoms with Crippen molar-refractivity contribution in [3.8, 4) is 5.75 Å². The van der Waals surface area contributed by atoms with E-state index < -0.39 is 0 Å². The number of hydrogen-bond acceptors (Lipinski definition) is 1. The van der Waals surface area contributed by atoms with Crippen LogP contribution in [0.3, 0.4) is 0 Å². The molecule has 1 heterocycles. The van der Waals surface area contributed by atoms with E-state index in [9.17, 15) is 0 Å². The summed E-state index contributed by atoms with van der Waals surface area (Å²) in [5, 5.41) is 0.829. The molecule has 0 N–H and O–H groups in total. The molecule has 1 fully saturated rings. The highest BCUT2D eigenvalue weighted by Crippen LogP contribution is 2.41. The van der Waals surface area contributed by atoms with Gasteiger partial charge in [-0.15, -0.1) is 0 Å². The van der Waals surface area contributed by atoms with Crippen LogP contribution in [0.5, 0.6) is 5.75 Å². The van der Waals surface area contributed by atoms with E-state index in [1.54, 1.807) is 0 Å². The van der Waals surface area contributed by atoms with Crippen LogP contribution in [0.2, 0.25) is 5.02 Å². The third kappa shape index (κ3) is 4.05. The van der Waals surface area contributed by atoms with Gasteiger partial charge in [0.15, 0.2) is 0 Å². The molecule has 1 nitrogen and oxygen atoms in total. The molecule has 0 aromatic heterocycles. The van der Waals surface area contributed by atoms with Gasteiger partial charge in [-0.1, -0.05) is 63.6 Å². The molecule has 1 saturated carbocycles. The van der Waals surface area contributed by atoms with E-state index in [2.05, 4.69) is 26.0 Å². The molecule has 0 amide bonds. The van der Waals surface area contributed by atoms with Gasteiger partial charge in [-0.2, -0.15) is 0 Å². The predicted molar refractivity (Wildman–Crippen MR) is 98.5 cm³/mol. The summed E-state index contributed by atoms with van der Waals surface area (Å²) in [6.45, 7) is 4.52. The number of hydrogen-bond donors (Lipinski definition) is 0. The lowest BCUT2D eigenvalue weighted by atomic mass is 9.76. The van der Waals surface area contributed by atoms with Crippen LogP contribution in [0.4, 0.5) is 0 Å². The molecule has 0 radical (unpaired) electrons. The van der Waals surface area contributed by atoms with Crippen molar-refractivity contribution in [2.24, 2.45) is 11.8 Å². The average Bonchev–Trinajstić information content (AvgIpc) is 2.56. The molecule has 1 aromatic carbocycles. The topological polar surface area (TPSA) is 9.23 Å². The molecule has 0 saturated heterocycles. The Labute approximate surface area is 146 Å². The summed E-state index contributed by atoms with van der Waals surface area (Å²) in [4.78, 5) is 0. The third-order valence-electron chi connectivity index (χ3n) is 5.80. The number of ether oxygens (including phenoxy) is 1. The zero-order valence-electron chi connectivity index (χ0n) is 14.7. The zero-order chi connectivity index (χ0) is 16.2. The smallest absolute Gasteiger partial charge is 0.141 e. The normalized spacial score (nSPS) is 27.3. The van der Waals surface area contributed by atoms with Crippen LogP contribution in [0.1, 0.15) is 76.3 Å². The molecule has 0 bridgehead atoms. The molecule has 1 aliphatic carbocycles. The standard InChI is InChI=1S/C21H31ClO/c1-3-5-15-7-9-17(10-8-15)20-12-11-18-13-16(6-4-2)14-19(22)21(18)23-20/h13-15,17,20H,3-12H2,1-2H3. The fourth-order valence-corrected chi connectivity index (χ4v) is 4.87. The first-order valence-electron chi connectivity index (χ1n) is 9.69. The van der Waals surface area contributed by atoms with Gasteiger partial charge in [-0.3, -0.25) is 0 Å². The molecule has 2 aliphatic rings. The minimum atomic E-state index is 0.389. The summed E-state index contributed by atoms with van der Waals surface area (Å²) >= 11 is 6.53. The number of aryl methyl sites for hydroxylation is 2. The van der Waals surface area contributed by atoms with Crippen molar-refractivity contribution in [1.29, 1.82) is 0 Å². The molecular formula is C21H31ClO. The fourth-order valence-electron chi connectivity index (χ4n) is 4.56. The van der Waals surface area contributed by atoms with E-state index in [1.807, 2.05) is 0 Å². The molecule has 3 rings (SSSR count). The lowest BCUT2D eigenvalue weighted by molar-refractivity contribution is 0.0759. The van der Waals surface area contributed by atoms with Crippen molar-refractivity contribution >= 4 is 11.6 Å². The second kappa shape index (κ2) is 7.92. The lowest BCUT2D eigenvalue weighted by Gasteiger charge is -2.37. The van der Waals surface area contributed by atoms with E-state index in [1.165, 1.54) is 62.5 Å². The maximum Gasteiger partial charge on any atom is 0.141 e. The van der Waals surface area contributed by atoms with Crippen LogP contribution < -0.4 is 4.74 Å². The van der Waals surface area contributed by atoms with Gasteiger partial charge in [0.25, 0.3) is 0 Å². The van der Waals surface area contributed by atoms with E-state index in [0.717, 1.165) is 35.4 Å². The van der Waals surface area contributed by atoms with Crippen molar-refractivity contribution < 1.29 is 4.74 Å². The van der Waals surface area contributed by atoms with E-state index in [-0.39, 0.29) is 0 Å². The Morgan fingerprint density at radius 1 is 1.04 bits per heavy atom. The van der Waals surface area contributed by atoms with Crippen LogP contribution in [-0.2, 0) is 12.8 Å². The SMILES string of the molecule is CCCc1cc(Cl)c2c(c1)CCC(C1CCC(CCC)CC1)O2. The van der Waals surface area contributed by atoms with Crippen molar-refractivity contribution in [1.82, 2.24) is 0 Å². The molecule has 0 spiro atoms. The number of benzene rings is 1. The molecule has 128 valence electrons. The fraction of sp³-hybridized carbons (Fsp3) is 0.714. The first-order chi connectivity index (χ1) is 11.2. The number of rotatable bonds is 5. The van der Waals surface area contributed by atoms with Gasteiger partial charge in [-0.25, -0.2) is 0 Å². The van der Waals surface area contributed by atoms with Crippen LogP contribution in [-0.4, -0.2) is 6.10 Å². The summed E-state index contributed by atoms with van der Waals surface area (Å²) in [7, 11) is 0. The van der Waals surface area contributed by atoms with E-state index >= 15 is 0 Å². The summed E-state index contributed by atoms with van der Waals surface area (Å²) in [5.41, 5.74) is 2.69. The Bertz CT molecular complexity index is 517. The third-order valence-corrected chi connectivity index (χ3v) is 6.08. The maximum atomic E-state index is 6.53. The Hall–Kier alpha value is -0.690. The van der Waals surface area contributed by atoms with Crippen LogP contribution in [0.25, 0.3) is 0 Å². The Balaban J connectivity index is 1.64. The van der Waals surface area contributed by atoms with E-state index in [4.69, 9.17) is 16.3 Å². The summed E-state index contributed by atoms with van der Waals surface area (Å²) in [6.07, 6.45) is 13.2. The van der Waals surface area contributed by atoms with Gasteiger partial charge in [-0.05, 0) is 61.1 Å². The van der Waals surface area contributed by atoms with Gasteiger partial charge >= 0.3 is 0 Å². The van der Waals surface area contributed by atoms with E-state index in [0.29, 0.717) is 6.10 Å². The Kier molecular flexibility index (Phi) is 5.91. The molecule has 1 aliphatic heterocycles. The van der Waals surface area contributed by atoms with Crippen LogP contribution >= 0.6 is 11.6 Å². The Morgan fingerprint density at radius 3 is 2.52 bits per heavy atom. The molecule has 23 heavy (non-hydrogen) atoms. The minimum Gasteiger partial charge on any atom is -0.488 e. The number of fused-ring (bicyclic) bond motifs is 1. The zero-order valence-corrected chi connectivity index (χ0v) is 15.5. The maximum absolute atomic E-state index is 6.53. The molecule has 1 atom stereocenters. The van der Waals surface area contributed by atoms with Crippen molar-refractivity contribution in [3.63, 3.8) is 0 Å². The monoisotopic (exact) mass is 334 g/mol. The summed E-state index contributed by atoms with van der Waals surface area (Å²) in [6, 6.07) is 4.43. The molecule has 2 heteroatoms. The highest BCUT2D eigenvalue weighted by atomic mass is 35.5. The van der Waals surface area contributed by atoms with Gasteiger partial charge in [0, 0.05) is 0 Å². The number of halogens is 1. The highest BCUT2D eigenvalue weighted by Gasteiger charge is 2.32. The van der Waals surface area contributed by atoms with Gasteiger partial charge in [0.05, 0.1) is 5.02 Å². The quantitative estimate of drug-likeness (QED) is 0.590. The van der Waals surface area contributed by atoms with Gasteiger partial charge < -0.3 is 4.74 Å². The Morgan fingerprint density at radius 2 is 1.83 bits per heavy atom. The first kappa shape index (κ1) is 17.1. The van der Waals surface area contributed by atoms with Crippen LogP contribution in [0, 0.1) is 11.8 Å². The summed E-state index contributed by atoms with van der Waals surface area (Å²) < 4.78 is 6.40. The largest absolute Gasteiger partial charge is 0.488 e. The van der Waals surface area contributed by atoms with Gasteiger partial charge in [0.1, 0.15) is 11.9 Å². The minimum absolute atomic E-state index is 0.389.